The van der Waals surface area contributed by atoms with Gasteiger partial charge in [-0.25, -0.2) is 0 Å². The first-order valence-corrected chi connectivity index (χ1v) is 6.55. The lowest BCUT2D eigenvalue weighted by atomic mass is 9.91. The van der Waals surface area contributed by atoms with Crippen LogP contribution < -0.4 is 5.32 Å². The second-order valence-electron chi connectivity index (χ2n) is 5.50. The van der Waals surface area contributed by atoms with Crippen molar-refractivity contribution < 1.29 is 0 Å². The molecule has 1 saturated carbocycles. The highest BCUT2D eigenvalue weighted by Gasteiger charge is 2.36. The minimum atomic E-state index is 0.519. The van der Waals surface area contributed by atoms with E-state index in [-0.39, 0.29) is 0 Å². The quantitative estimate of drug-likeness (QED) is 0.853. The first kappa shape index (κ1) is 11.1. The highest BCUT2D eigenvalue weighted by atomic mass is 32.1. The first-order valence-electron chi connectivity index (χ1n) is 5.67. The van der Waals surface area contributed by atoms with Gasteiger partial charge in [-0.15, -0.1) is 11.3 Å². The molecule has 2 rings (SSSR count). The fourth-order valence-corrected chi connectivity index (χ4v) is 3.27. The molecule has 3 heteroatoms. The zero-order valence-electron chi connectivity index (χ0n) is 9.79. The maximum Gasteiger partial charge on any atom is 0.0794 e. The zero-order chi connectivity index (χ0) is 10.9. The molecule has 15 heavy (non-hydrogen) atoms. The number of hydrogen-bond acceptors (Lipinski definition) is 3. The minimum absolute atomic E-state index is 0.519. The number of nitrogens with zero attached hydrogens (tertiary/aromatic N) is 1. The molecule has 1 aromatic heterocycles. The van der Waals surface area contributed by atoms with Crippen molar-refractivity contribution in [3.63, 3.8) is 0 Å². The van der Waals surface area contributed by atoms with E-state index in [0.29, 0.717) is 11.5 Å². The Hall–Kier alpha value is -0.410. The lowest BCUT2D eigenvalue weighted by Crippen LogP contribution is -2.30. The largest absolute Gasteiger partial charge is 0.309 e. The molecule has 2 unspecified atom stereocenters. The average Bonchev–Trinajstić information content (AvgIpc) is 2.70. The van der Waals surface area contributed by atoms with Gasteiger partial charge in [0, 0.05) is 23.7 Å². The van der Waals surface area contributed by atoms with E-state index in [4.69, 9.17) is 0 Å². The summed E-state index contributed by atoms with van der Waals surface area (Å²) in [7, 11) is 0. The van der Waals surface area contributed by atoms with Crippen LogP contribution in [0.2, 0.25) is 0 Å². The van der Waals surface area contributed by atoms with Crippen molar-refractivity contribution in [1.82, 2.24) is 10.3 Å². The fourth-order valence-electron chi connectivity index (χ4n) is 2.73. The van der Waals surface area contributed by atoms with E-state index >= 15 is 0 Å². The summed E-state index contributed by atoms with van der Waals surface area (Å²) in [4.78, 5) is 5.43. The van der Waals surface area contributed by atoms with Gasteiger partial charge in [-0.3, -0.25) is 4.98 Å². The Morgan fingerprint density at radius 2 is 2.33 bits per heavy atom. The van der Waals surface area contributed by atoms with Gasteiger partial charge in [0.25, 0.3) is 0 Å². The van der Waals surface area contributed by atoms with Crippen LogP contribution in [0.15, 0.2) is 11.7 Å². The predicted molar refractivity (Wildman–Crippen MR) is 64.9 cm³/mol. The Kier molecular flexibility index (Phi) is 3.12. The van der Waals surface area contributed by atoms with E-state index in [1.807, 2.05) is 11.7 Å². The highest BCUT2D eigenvalue weighted by molar-refractivity contribution is 7.09. The average molecular weight is 224 g/mol. The smallest absolute Gasteiger partial charge is 0.0794 e. The van der Waals surface area contributed by atoms with Crippen LogP contribution in [0, 0.1) is 11.3 Å². The molecule has 1 heterocycles. The third-order valence-electron chi connectivity index (χ3n) is 3.36. The molecule has 0 bridgehead atoms. The van der Waals surface area contributed by atoms with Crippen LogP contribution in [0.25, 0.3) is 0 Å². The van der Waals surface area contributed by atoms with Crippen LogP contribution in [0.4, 0.5) is 0 Å². The molecule has 1 aromatic rings. The maximum absolute atomic E-state index is 4.09. The second kappa shape index (κ2) is 4.22. The van der Waals surface area contributed by atoms with Gasteiger partial charge < -0.3 is 5.32 Å². The first-order chi connectivity index (χ1) is 7.07. The summed E-state index contributed by atoms with van der Waals surface area (Å²) >= 11 is 1.73. The topological polar surface area (TPSA) is 24.9 Å². The molecule has 1 fully saturated rings. The van der Waals surface area contributed by atoms with Crippen molar-refractivity contribution in [3.05, 3.63) is 16.6 Å². The van der Waals surface area contributed by atoms with Crippen molar-refractivity contribution in [2.45, 2.75) is 46.2 Å². The normalized spacial score (nSPS) is 29.5. The van der Waals surface area contributed by atoms with E-state index in [1.54, 1.807) is 11.3 Å². The Morgan fingerprint density at radius 3 is 2.87 bits per heavy atom. The number of nitrogens with one attached hydrogen (secondary N) is 1. The lowest BCUT2D eigenvalue weighted by molar-refractivity contribution is 0.362. The predicted octanol–water partition coefficient (Wildman–Crippen LogP) is 3.06. The molecule has 0 aromatic carbocycles. The summed E-state index contributed by atoms with van der Waals surface area (Å²) in [6, 6.07) is 0.682. The monoisotopic (exact) mass is 224 g/mol. The van der Waals surface area contributed by atoms with Crippen LogP contribution in [0.5, 0.6) is 0 Å². The summed E-state index contributed by atoms with van der Waals surface area (Å²) in [5, 5.41) is 3.66. The molecular formula is C12H20N2S. The summed E-state index contributed by atoms with van der Waals surface area (Å²) in [5.74, 6) is 0.799. The number of hydrogen-bond donors (Lipinski definition) is 1. The SMILES string of the molecule is CC1CC(C)(C)CC1NCc1cncs1. The molecule has 0 aliphatic heterocycles. The Bertz CT molecular complexity index is 305. The Balaban J connectivity index is 1.85. The van der Waals surface area contributed by atoms with E-state index < -0.39 is 0 Å². The molecule has 0 spiro atoms. The minimum Gasteiger partial charge on any atom is -0.309 e. The summed E-state index contributed by atoms with van der Waals surface area (Å²) < 4.78 is 0. The van der Waals surface area contributed by atoms with E-state index in [2.05, 4.69) is 31.1 Å². The van der Waals surface area contributed by atoms with Gasteiger partial charge in [-0.2, -0.15) is 0 Å². The molecule has 2 atom stereocenters. The van der Waals surface area contributed by atoms with Crippen molar-refractivity contribution >= 4 is 11.3 Å². The van der Waals surface area contributed by atoms with Gasteiger partial charge >= 0.3 is 0 Å². The third-order valence-corrected chi connectivity index (χ3v) is 4.14. The van der Waals surface area contributed by atoms with Crippen LogP contribution in [-0.2, 0) is 6.54 Å². The Labute approximate surface area is 96.1 Å². The molecular weight excluding hydrogens is 204 g/mol. The van der Waals surface area contributed by atoms with Crippen LogP contribution in [0.3, 0.4) is 0 Å². The van der Waals surface area contributed by atoms with Crippen molar-refractivity contribution in [2.75, 3.05) is 0 Å². The number of aromatic nitrogens is 1. The van der Waals surface area contributed by atoms with E-state index in [1.165, 1.54) is 17.7 Å². The molecule has 2 nitrogen and oxygen atoms in total. The van der Waals surface area contributed by atoms with Gasteiger partial charge in [0.2, 0.25) is 0 Å². The molecule has 1 aliphatic rings. The molecule has 1 N–H and O–H groups in total. The highest BCUT2D eigenvalue weighted by Crippen LogP contribution is 2.40. The fraction of sp³-hybridized carbons (Fsp3) is 0.750. The third kappa shape index (κ3) is 2.79. The number of thiazole rings is 1. The van der Waals surface area contributed by atoms with E-state index in [9.17, 15) is 0 Å². The lowest BCUT2D eigenvalue weighted by Gasteiger charge is -2.18. The summed E-state index contributed by atoms with van der Waals surface area (Å²) in [5.41, 5.74) is 2.42. The standard InChI is InChI=1S/C12H20N2S/c1-9-4-12(2,3)5-11(9)14-7-10-6-13-8-15-10/h6,8-9,11,14H,4-5,7H2,1-3H3. The molecule has 0 radical (unpaired) electrons. The Morgan fingerprint density at radius 1 is 1.53 bits per heavy atom. The van der Waals surface area contributed by atoms with Crippen molar-refractivity contribution in [2.24, 2.45) is 11.3 Å². The van der Waals surface area contributed by atoms with Gasteiger partial charge in [0.15, 0.2) is 0 Å². The zero-order valence-corrected chi connectivity index (χ0v) is 10.6. The molecule has 84 valence electrons. The van der Waals surface area contributed by atoms with Crippen molar-refractivity contribution in [1.29, 1.82) is 0 Å². The van der Waals surface area contributed by atoms with Gasteiger partial charge in [-0.05, 0) is 24.2 Å². The van der Waals surface area contributed by atoms with Crippen LogP contribution in [-0.4, -0.2) is 11.0 Å². The summed E-state index contributed by atoms with van der Waals surface area (Å²) in [6.07, 6.45) is 4.60. The van der Waals surface area contributed by atoms with Crippen molar-refractivity contribution in [3.8, 4) is 0 Å². The number of rotatable bonds is 3. The van der Waals surface area contributed by atoms with Gasteiger partial charge in [-0.1, -0.05) is 20.8 Å². The maximum atomic E-state index is 4.09. The second-order valence-corrected chi connectivity index (χ2v) is 6.48. The molecule has 0 amide bonds. The molecule has 1 aliphatic carbocycles. The van der Waals surface area contributed by atoms with Crippen LogP contribution in [0.1, 0.15) is 38.5 Å². The summed E-state index contributed by atoms with van der Waals surface area (Å²) in [6.45, 7) is 8.09. The van der Waals surface area contributed by atoms with E-state index in [0.717, 1.165) is 12.5 Å². The van der Waals surface area contributed by atoms with Gasteiger partial charge in [0.1, 0.15) is 0 Å². The van der Waals surface area contributed by atoms with Crippen LogP contribution >= 0.6 is 11.3 Å². The van der Waals surface area contributed by atoms with Gasteiger partial charge in [0.05, 0.1) is 5.51 Å². The molecule has 0 saturated heterocycles.